The number of nitrogens with zero attached hydrogens (tertiary/aromatic N) is 3. The quantitative estimate of drug-likeness (QED) is 0.196. The van der Waals surface area contributed by atoms with Crippen LogP contribution in [0.5, 0.6) is 11.5 Å². The number of thioether (sulfide) groups is 1. The smallest absolute Gasteiger partial charge is 0.262 e. The second kappa shape index (κ2) is 11.0. The normalized spacial score (nSPS) is 11.4. The van der Waals surface area contributed by atoms with Crippen LogP contribution >= 0.6 is 11.8 Å². The van der Waals surface area contributed by atoms with Gasteiger partial charge in [-0.05, 0) is 48.4 Å². The number of benzene rings is 2. The van der Waals surface area contributed by atoms with Gasteiger partial charge in [-0.25, -0.2) is 23.2 Å². The van der Waals surface area contributed by atoms with Crippen LogP contribution in [0.1, 0.15) is 5.56 Å². The van der Waals surface area contributed by atoms with Crippen LogP contribution in [0.2, 0.25) is 0 Å². The number of carbonyl (C=O) groups is 1. The number of aromatic nitrogens is 4. The molecule has 2 heterocycles. The minimum absolute atomic E-state index is 0.0393. The van der Waals surface area contributed by atoms with Crippen LogP contribution in [0.4, 0.5) is 0 Å². The average molecular weight is 545 g/mol. The maximum absolute atomic E-state index is 12.5. The summed E-state index contributed by atoms with van der Waals surface area (Å²) in [6.45, 7) is 0.416. The van der Waals surface area contributed by atoms with Crippen LogP contribution in [0, 0.1) is 0 Å². The van der Waals surface area contributed by atoms with Crippen molar-refractivity contribution in [3.05, 3.63) is 64.6 Å². The molecule has 0 radical (unpaired) electrons. The van der Waals surface area contributed by atoms with Crippen molar-refractivity contribution >= 4 is 38.7 Å². The summed E-state index contributed by atoms with van der Waals surface area (Å²) in [6, 6.07) is 11.3. The fourth-order valence-corrected chi connectivity index (χ4v) is 4.70. The fraction of sp³-hybridized carbons (Fsp3) is 0.217. The van der Waals surface area contributed by atoms with E-state index in [9.17, 15) is 18.0 Å². The lowest BCUT2D eigenvalue weighted by atomic mass is 10.1. The van der Waals surface area contributed by atoms with E-state index in [1.54, 1.807) is 14.2 Å². The molecule has 0 fully saturated rings. The SMILES string of the molecule is COc1ccc(CCNC(=O)CSc2nc3c(cnn3-c3ccc(S(N)(=O)=O)cc3)c(=O)[nH]2)cc1OC. The number of nitrogens with two attached hydrogens (primary N) is 1. The van der Waals surface area contributed by atoms with E-state index in [2.05, 4.69) is 20.4 Å². The Kier molecular flexibility index (Phi) is 7.80. The third-order valence-electron chi connectivity index (χ3n) is 5.35. The first kappa shape index (κ1) is 26.2. The minimum Gasteiger partial charge on any atom is -0.493 e. The zero-order chi connectivity index (χ0) is 26.6. The van der Waals surface area contributed by atoms with E-state index in [1.807, 2.05) is 18.2 Å². The third kappa shape index (κ3) is 6.10. The lowest BCUT2D eigenvalue weighted by molar-refractivity contribution is -0.118. The summed E-state index contributed by atoms with van der Waals surface area (Å²) < 4.78 is 34.9. The lowest BCUT2D eigenvalue weighted by Gasteiger charge is -2.10. The van der Waals surface area contributed by atoms with Crippen LogP contribution < -0.4 is 25.5 Å². The highest BCUT2D eigenvalue weighted by Crippen LogP contribution is 2.27. The number of nitrogens with one attached hydrogen (secondary N) is 2. The number of carbonyl (C=O) groups excluding carboxylic acids is 1. The van der Waals surface area contributed by atoms with Gasteiger partial charge in [-0.1, -0.05) is 17.8 Å². The van der Waals surface area contributed by atoms with Crippen molar-refractivity contribution in [1.29, 1.82) is 0 Å². The second-order valence-electron chi connectivity index (χ2n) is 7.78. The molecule has 37 heavy (non-hydrogen) atoms. The molecular formula is C23H24N6O6S2. The number of fused-ring (bicyclic) bond motifs is 1. The zero-order valence-corrected chi connectivity index (χ0v) is 21.6. The van der Waals surface area contributed by atoms with Crippen molar-refractivity contribution < 1.29 is 22.7 Å². The van der Waals surface area contributed by atoms with Gasteiger partial charge in [0.15, 0.2) is 22.3 Å². The molecule has 4 aromatic rings. The maximum atomic E-state index is 12.5. The number of hydrogen-bond acceptors (Lipinski definition) is 9. The van der Waals surface area contributed by atoms with Gasteiger partial charge in [0.05, 0.1) is 36.8 Å². The molecule has 2 aromatic heterocycles. The van der Waals surface area contributed by atoms with E-state index in [0.29, 0.717) is 30.2 Å². The van der Waals surface area contributed by atoms with Gasteiger partial charge in [-0.3, -0.25) is 9.59 Å². The molecule has 0 aliphatic heterocycles. The number of rotatable bonds is 10. The highest BCUT2D eigenvalue weighted by atomic mass is 32.2. The number of sulfonamides is 1. The predicted octanol–water partition coefficient (Wildman–Crippen LogP) is 1.22. The van der Waals surface area contributed by atoms with Crippen LogP contribution in [-0.4, -0.2) is 60.6 Å². The molecule has 0 aliphatic carbocycles. The number of hydrogen-bond donors (Lipinski definition) is 3. The lowest BCUT2D eigenvalue weighted by Crippen LogP contribution is -2.27. The molecule has 0 spiro atoms. The highest BCUT2D eigenvalue weighted by molar-refractivity contribution is 7.99. The molecular weight excluding hydrogens is 520 g/mol. The van der Waals surface area contributed by atoms with Crippen molar-refractivity contribution in [2.75, 3.05) is 26.5 Å². The number of methoxy groups -OCH3 is 2. The Hall–Kier alpha value is -3.88. The van der Waals surface area contributed by atoms with Crippen molar-refractivity contribution in [3.8, 4) is 17.2 Å². The molecule has 0 aliphatic rings. The minimum atomic E-state index is -3.84. The van der Waals surface area contributed by atoms with E-state index in [-0.39, 0.29) is 32.7 Å². The van der Waals surface area contributed by atoms with Gasteiger partial charge in [-0.2, -0.15) is 5.10 Å². The molecule has 0 saturated heterocycles. The molecule has 14 heteroatoms. The summed E-state index contributed by atoms with van der Waals surface area (Å²) in [7, 11) is -0.711. The second-order valence-corrected chi connectivity index (χ2v) is 10.3. The van der Waals surface area contributed by atoms with E-state index in [1.165, 1.54) is 35.1 Å². The van der Waals surface area contributed by atoms with Crippen LogP contribution in [0.15, 0.2) is 63.5 Å². The number of primary sulfonamides is 1. The van der Waals surface area contributed by atoms with Crippen molar-refractivity contribution in [3.63, 3.8) is 0 Å². The number of aromatic amines is 1. The van der Waals surface area contributed by atoms with Gasteiger partial charge in [-0.15, -0.1) is 0 Å². The fourth-order valence-electron chi connectivity index (χ4n) is 3.50. The van der Waals surface area contributed by atoms with Gasteiger partial charge < -0.3 is 19.8 Å². The maximum Gasteiger partial charge on any atom is 0.262 e. The Morgan fingerprint density at radius 3 is 2.54 bits per heavy atom. The molecule has 0 bridgehead atoms. The first-order valence-corrected chi connectivity index (χ1v) is 13.4. The molecule has 2 aromatic carbocycles. The number of H-pyrrole nitrogens is 1. The molecule has 194 valence electrons. The highest BCUT2D eigenvalue weighted by Gasteiger charge is 2.14. The average Bonchev–Trinajstić information content (AvgIpc) is 3.31. The largest absolute Gasteiger partial charge is 0.493 e. The topological polar surface area (TPSA) is 171 Å². The van der Waals surface area contributed by atoms with Gasteiger partial charge in [0.2, 0.25) is 15.9 Å². The van der Waals surface area contributed by atoms with E-state index in [0.717, 1.165) is 17.3 Å². The van der Waals surface area contributed by atoms with Gasteiger partial charge in [0.1, 0.15) is 5.39 Å². The van der Waals surface area contributed by atoms with Crippen molar-refractivity contribution in [2.45, 2.75) is 16.5 Å². The molecule has 4 rings (SSSR count). The summed E-state index contributed by atoms with van der Waals surface area (Å²) in [5, 5.41) is 12.7. The summed E-state index contributed by atoms with van der Waals surface area (Å²) in [5.41, 5.74) is 1.33. The van der Waals surface area contributed by atoms with E-state index >= 15 is 0 Å². The van der Waals surface area contributed by atoms with Gasteiger partial charge in [0.25, 0.3) is 5.56 Å². The molecule has 1 amide bonds. The third-order valence-corrected chi connectivity index (χ3v) is 7.15. The van der Waals surface area contributed by atoms with E-state index in [4.69, 9.17) is 14.6 Å². The molecule has 4 N–H and O–H groups in total. The standard InChI is InChI=1S/C23H24N6O6S2/c1-34-18-8-3-14(11-19(18)35-2)9-10-25-20(30)13-36-23-27-21-17(22(31)28-23)12-26-29(21)15-4-6-16(7-5-15)37(24,32)33/h3-8,11-12H,9-10,13H2,1-2H3,(H,25,30)(H2,24,32,33)(H,27,28,31). The Balaban J connectivity index is 1.40. The Morgan fingerprint density at radius 2 is 1.86 bits per heavy atom. The summed E-state index contributed by atoms with van der Waals surface area (Å²) in [5.74, 6) is 1.07. The van der Waals surface area contributed by atoms with Crippen LogP contribution in [-0.2, 0) is 21.2 Å². The van der Waals surface area contributed by atoms with Gasteiger partial charge >= 0.3 is 0 Å². The van der Waals surface area contributed by atoms with Crippen LogP contribution in [0.3, 0.4) is 0 Å². The van der Waals surface area contributed by atoms with Crippen molar-refractivity contribution in [2.24, 2.45) is 5.14 Å². The van der Waals surface area contributed by atoms with Crippen molar-refractivity contribution in [1.82, 2.24) is 25.1 Å². The van der Waals surface area contributed by atoms with Crippen LogP contribution in [0.25, 0.3) is 16.7 Å². The number of amides is 1. The summed E-state index contributed by atoms with van der Waals surface area (Å²) in [6.07, 6.45) is 1.96. The first-order chi connectivity index (χ1) is 17.7. The van der Waals surface area contributed by atoms with E-state index < -0.39 is 15.6 Å². The Morgan fingerprint density at radius 1 is 1.14 bits per heavy atom. The molecule has 12 nitrogen and oxygen atoms in total. The zero-order valence-electron chi connectivity index (χ0n) is 19.9. The number of ether oxygens (including phenoxy) is 2. The summed E-state index contributed by atoms with van der Waals surface area (Å²) >= 11 is 1.08. The molecule has 0 unspecified atom stereocenters. The van der Waals surface area contributed by atoms with Gasteiger partial charge in [0, 0.05) is 6.54 Å². The Labute approximate surface area is 216 Å². The Bertz CT molecular complexity index is 1600. The monoisotopic (exact) mass is 544 g/mol. The summed E-state index contributed by atoms with van der Waals surface area (Å²) in [4.78, 5) is 31.9. The molecule has 0 atom stereocenters. The predicted molar refractivity (Wildman–Crippen MR) is 138 cm³/mol. The molecule has 0 saturated carbocycles. The first-order valence-electron chi connectivity index (χ1n) is 10.9.